The SMILES string of the molecule is CCNc1nc(NCCN(C)CC)nc(-n2cccn2)n1. The number of hydrogen-bond acceptors (Lipinski definition) is 7. The average molecular weight is 290 g/mol. The van der Waals surface area contributed by atoms with E-state index in [9.17, 15) is 0 Å². The van der Waals surface area contributed by atoms with Crippen LogP contribution in [0.2, 0.25) is 0 Å². The van der Waals surface area contributed by atoms with Crippen LogP contribution in [0.1, 0.15) is 13.8 Å². The van der Waals surface area contributed by atoms with Gasteiger partial charge in [0.1, 0.15) is 0 Å². The van der Waals surface area contributed by atoms with E-state index < -0.39 is 0 Å². The van der Waals surface area contributed by atoms with Crippen LogP contribution in [0.15, 0.2) is 18.5 Å². The van der Waals surface area contributed by atoms with Gasteiger partial charge in [0, 0.05) is 32.0 Å². The first kappa shape index (κ1) is 15.2. The van der Waals surface area contributed by atoms with Gasteiger partial charge in [-0.3, -0.25) is 0 Å². The zero-order chi connectivity index (χ0) is 15.1. The van der Waals surface area contributed by atoms with Crippen LogP contribution in [0.4, 0.5) is 11.9 Å². The Kier molecular flexibility index (Phi) is 5.44. The summed E-state index contributed by atoms with van der Waals surface area (Å²) in [6.07, 6.45) is 3.50. The van der Waals surface area contributed by atoms with Crippen molar-refractivity contribution in [2.75, 3.05) is 43.9 Å². The van der Waals surface area contributed by atoms with Gasteiger partial charge in [-0.25, -0.2) is 4.68 Å². The molecule has 0 saturated carbocycles. The van der Waals surface area contributed by atoms with Crippen molar-refractivity contribution in [3.05, 3.63) is 18.5 Å². The van der Waals surface area contributed by atoms with Gasteiger partial charge in [0.05, 0.1) is 0 Å². The monoisotopic (exact) mass is 290 g/mol. The summed E-state index contributed by atoms with van der Waals surface area (Å²) in [5.41, 5.74) is 0. The molecule has 2 aromatic rings. The second-order valence-electron chi connectivity index (χ2n) is 4.59. The molecule has 0 amide bonds. The highest BCUT2D eigenvalue weighted by Gasteiger charge is 2.08. The first-order valence-corrected chi connectivity index (χ1v) is 7.15. The third kappa shape index (κ3) is 4.38. The molecule has 0 fully saturated rings. The van der Waals surface area contributed by atoms with Crippen molar-refractivity contribution in [3.8, 4) is 5.95 Å². The Labute approximate surface area is 124 Å². The Morgan fingerprint density at radius 1 is 1.14 bits per heavy atom. The molecule has 2 aromatic heterocycles. The zero-order valence-corrected chi connectivity index (χ0v) is 12.7. The summed E-state index contributed by atoms with van der Waals surface area (Å²) in [6.45, 7) is 7.59. The van der Waals surface area contributed by atoms with E-state index in [0.29, 0.717) is 17.8 Å². The molecular weight excluding hydrogens is 268 g/mol. The summed E-state index contributed by atoms with van der Waals surface area (Å²) in [5, 5.41) is 10.5. The number of hydrogen-bond donors (Lipinski definition) is 2. The fraction of sp³-hybridized carbons (Fsp3) is 0.538. The largest absolute Gasteiger partial charge is 0.354 e. The molecule has 0 saturated heterocycles. The van der Waals surface area contributed by atoms with E-state index in [2.05, 4.69) is 49.6 Å². The van der Waals surface area contributed by atoms with Crippen molar-refractivity contribution in [1.82, 2.24) is 29.6 Å². The molecule has 0 bridgehead atoms. The Morgan fingerprint density at radius 3 is 2.52 bits per heavy atom. The van der Waals surface area contributed by atoms with Crippen LogP contribution in [0.3, 0.4) is 0 Å². The summed E-state index contributed by atoms with van der Waals surface area (Å²) >= 11 is 0. The van der Waals surface area contributed by atoms with Gasteiger partial charge in [0.25, 0.3) is 5.95 Å². The molecule has 0 radical (unpaired) electrons. The van der Waals surface area contributed by atoms with Gasteiger partial charge in [-0.05, 0) is 26.6 Å². The lowest BCUT2D eigenvalue weighted by Gasteiger charge is -2.14. The van der Waals surface area contributed by atoms with Crippen molar-refractivity contribution < 1.29 is 0 Å². The molecule has 114 valence electrons. The maximum Gasteiger partial charge on any atom is 0.257 e. The van der Waals surface area contributed by atoms with E-state index in [1.807, 2.05) is 13.0 Å². The second kappa shape index (κ2) is 7.53. The highest BCUT2D eigenvalue weighted by Crippen LogP contribution is 2.08. The lowest BCUT2D eigenvalue weighted by atomic mass is 10.5. The van der Waals surface area contributed by atoms with Crippen LogP contribution in [-0.2, 0) is 0 Å². The van der Waals surface area contributed by atoms with Gasteiger partial charge in [-0.15, -0.1) is 0 Å². The Hall–Kier alpha value is -2.22. The van der Waals surface area contributed by atoms with Gasteiger partial charge in [-0.2, -0.15) is 20.1 Å². The number of likely N-dealkylation sites (N-methyl/N-ethyl adjacent to an activating group) is 1. The minimum Gasteiger partial charge on any atom is -0.354 e. The van der Waals surface area contributed by atoms with E-state index in [-0.39, 0.29) is 0 Å². The molecule has 8 nitrogen and oxygen atoms in total. The molecule has 0 atom stereocenters. The number of rotatable bonds is 8. The van der Waals surface area contributed by atoms with Gasteiger partial charge in [0.2, 0.25) is 11.9 Å². The van der Waals surface area contributed by atoms with Crippen LogP contribution in [0, 0.1) is 0 Å². The summed E-state index contributed by atoms with van der Waals surface area (Å²) in [7, 11) is 2.08. The predicted molar refractivity (Wildman–Crippen MR) is 82.8 cm³/mol. The molecule has 2 N–H and O–H groups in total. The molecule has 8 heteroatoms. The van der Waals surface area contributed by atoms with Crippen molar-refractivity contribution in [1.29, 1.82) is 0 Å². The van der Waals surface area contributed by atoms with Crippen molar-refractivity contribution in [2.45, 2.75) is 13.8 Å². The molecule has 2 heterocycles. The highest BCUT2D eigenvalue weighted by atomic mass is 15.4. The maximum atomic E-state index is 4.39. The summed E-state index contributed by atoms with van der Waals surface area (Å²) in [6, 6.07) is 1.83. The highest BCUT2D eigenvalue weighted by molar-refractivity contribution is 5.37. The Bertz CT molecular complexity index is 539. The van der Waals surface area contributed by atoms with Crippen LogP contribution >= 0.6 is 0 Å². The molecule has 0 spiro atoms. The van der Waals surface area contributed by atoms with Crippen molar-refractivity contribution >= 4 is 11.9 Å². The molecule has 21 heavy (non-hydrogen) atoms. The third-order valence-corrected chi connectivity index (χ3v) is 2.98. The van der Waals surface area contributed by atoms with Crippen LogP contribution in [0.5, 0.6) is 0 Å². The van der Waals surface area contributed by atoms with Crippen LogP contribution < -0.4 is 10.6 Å². The van der Waals surface area contributed by atoms with Gasteiger partial charge >= 0.3 is 0 Å². The first-order valence-electron chi connectivity index (χ1n) is 7.15. The molecule has 0 aliphatic carbocycles. The molecular formula is C13H22N8. The van der Waals surface area contributed by atoms with Gasteiger partial charge < -0.3 is 15.5 Å². The topological polar surface area (TPSA) is 83.8 Å². The standard InChI is InChI=1S/C13H22N8/c1-4-14-11-17-12(15-8-10-20(3)5-2)19-13(18-11)21-9-6-7-16-21/h6-7,9H,4-5,8,10H2,1-3H3,(H2,14,15,17,18,19). The second-order valence-corrected chi connectivity index (χ2v) is 4.59. The first-order chi connectivity index (χ1) is 10.2. The Balaban J connectivity index is 2.12. The lowest BCUT2D eigenvalue weighted by Crippen LogP contribution is -2.25. The molecule has 0 aromatic carbocycles. The summed E-state index contributed by atoms with van der Waals surface area (Å²) in [5.74, 6) is 1.59. The zero-order valence-electron chi connectivity index (χ0n) is 12.7. The number of anilines is 2. The molecule has 2 rings (SSSR count). The van der Waals surface area contributed by atoms with E-state index >= 15 is 0 Å². The quantitative estimate of drug-likeness (QED) is 0.745. The predicted octanol–water partition coefficient (Wildman–Crippen LogP) is 0.853. The van der Waals surface area contributed by atoms with Crippen molar-refractivity contribution in [3.63, 3.8) is 0 Å². The fourth-order valence-corrected chi connectivity index (χ4v) is 1.69. The van der Waals surface area contributed by atoms with Crippen molar-refractivity contribution in [2.24, 2.45) is 0 Å². The third-order valence-electron chi connectivity index (χ3n) is 2.98. The van der Waals surface area contributed by atoms with E-state index in [4.69, 9.17) is 0 Å². The van der Waals surface area contributed by atoms with Crippen LogP contribution in [-0.4, -0.2) is 62.9 Å². The average Bonchev–Trinajstić information content (AvgIpc) is 3.01. The van der Waals surface area contributed by atoms with E-state index in [1.165, 1.54) is 0 Å². The van der Waals surface area contributed by atoms with Gasteiger partial charge in [0.15, 0.2) is 0 Å². The summed E-state index contributed by atoms with van der Waals surface area (Å²) in [4.78, 5) is 15.3. The minimum atomic E-state index is 0.497. The Morgan fingerprint density at radius 2 is 1.90 bits per heavy atom. The molecule has 0 unspecified atom stereocenters. The van der Waals surface area contributed by atoms with E-state index in [1.54, 1.807) is 17.1 Å². The minimum absolute atomic E-state index is 0.497. The number of nitrogens with zero attached hydrogens (tertiary/aromatic N) is 6. The van der Waals surface area contributed by atoms with Crippen LogP contribution in [0.25, 0.3) is 5.95 Å². The number of nitrogens with one attached hydrogen (secondary N) is 2. The molecule has 0 aliphatic rings. The number of aromatic nitrogens is 5. The van der Waals surface area contributed by atoms with Gasteiger partial charge in [-0.1, -0.05) is 6.92 Å². The molecule has 0 aliphatic heterocycles. The fourth-order valence-electron chi connectivity index (χ4n) is 1.69. The normalized spacial score (nSPS) is 10.9. The lowest BCUT2D eigenvalue weighted by molar-refractivity contribution is 0.367. The van der Waals surface area contributed by atoms with E-state index in [0.717, 1.165) is 26.2 Å². The smallest absolute Gasteiger partial charge is 0.257 e. The maximum absolute atomic E-state index is 4.39. The summed E-state index contributed by atoms with van der Waals surface area (Å²) < 4.78 is 1.62.